The van der Waals surface area contributed by atoms with E-state index in [0.717, 1.165) is 55.8 Å². The fourth-order valence-corrected chi connectivity index (χ4v) is 4.53. The summed E-state index contributed by atoms with van der Waals surface area (Å²) in [7, 11) is 3.27. The second-order valence-electron chi connectivity index (χ2n) is 8.15. The van der Waals surface area contributed by atoms with Gasteiger partial charge in [0, 0.05) is 51.2 Å². The number of hydrogen-bond acceptors (Lipinski definition) is 5. The van der Waals surface area contributed by atoms with E-state index in [1.807, 2.05) is 6.92 Å². The number of methoxy groups -OCH3 is 2. The molecule has 0 radical (unpaired) electrons. The topological polar surface area (TPSA) is 58.9 Å². The first-order chi connectivity index (χ1) is 14.6. The Balaban J connectivity index is 1.66. The molecule has 0 bridgehead atoms. The first-order valence-electron chi connectivity index (χ1n) is 10.7. The van der Waals surface area contributed by atoms with Crippen molar-refractivity contribution in [2.24, 2.45) is 0 Å². The molecule has 3 heterocycles. The molecule has 6 nitrogen and oxygen atoms in total. The van der Waals surface area contributed by atoms with Crippen molar-refractivity contribution in [1.82, 2.24) is 4.57 Å². The third kappa shape index (κ3) is 4.17. The van der Waals surface area contributed by atoms with Gasteiger partial charge in [0.15, 0.2) is 11.3 Å². The fourth-order valence-electron chi connectivity index (χ4n) is 4.53. The number of hydrogen-bond donors (Lipinski definition) is 0. The van der Waals surface area contributed by atoms with Gasteiger partial charge in [-0.3, -0.25) is 4.79 Å². The monoisotopic (exact) mass is 413 g/mol. The molecule has 0 N–H and O–H groups in total. The maximum atomic E-state index is 12.7. The van der Waals surface area contributed by atoms with E-state index < -0.39 is 0 Å². The average Bonchev–Trinajstić information content (AvgIpc) is 2.79. The van der Waals surface area contributed by atoms with E-state index in [2.05, 4.69) is 22.8 Å². The van der Waals surface area contributed by atoms with Crippen LogP contribution in [0, 0.1) is 6.92 Å². The molecule has 2 aliphatic rings. The molecule has 1 fully saturated rings. The molecule has 4 rings (SSSR count). The molecule has 0 saturated carbocycles. The highest BCUT2D eigenvalue weighted by Gasteiger charge is 2.24. The molecule has 6 heteroatoms. The molecule has 0 amide bonds. The number of aromatic nitrogens is 1. The molecule has 1 atom stereocenters. The Labute approximate surface area is 177 Å². The van der Waals surface area contributed by atoms with Crippen LogP contribution in [0.25, 0.3) is 11.3 Å². The minimum atomic E-state index is -0.180. The molecule has 0 aliphatic carbocycles. The molecule has 162 valence electrons. The van der Waals surface area contributed by atoms with E-state index >= 15 is 0 Å². The van der Waals surface area contributed by atoms with Gasteiger partial charge in [-0.15, -0.1) is 0 Å². The van der Waals surface area contributed by atoms with Gasteiger partial charge in [0.1, 0.15) is 12.7 Å². The molecule has 1 aromatic heterocycles. The number of ether oxygens (including phenoxy) is 4. The average molecular weight is 414 g/mol. The summed E-state index contributed by atoms with van der Waals surface area (Å²) in [5.41, 5.74) is 5.57. The van der Waals surface area contributed by atoms with Gasteiger partial charge < -0.3 is 23.5 Å². The van der Waals surface area contributed by atoms with Crippen molar-refractivity contribution < 1.29 is 18.9 Å². The summed E-state index contributed by atoms with van der Waals surface area (Å²) >= 11 is 0. The lowest BCUT2D eigenvalue weighted by Gasteiger charge is -2.29. The van der Waals surface area contributed by atoms with Crippen molar-refractivity contribution in [3.8, 4) is 17.1 Å². The highest BCUT2D eigenvalue weighted by Crippen LogP contribution is 2.37. The molecule has 30 heavy (non-hydrogen) atoms. The quantitative estimate of drug-likeness (QED) is 0.697. The van der Waals surface area contributed by atoms with Crippen LogP contribution in [0.4, 0.5) is 0 Å². The number of nitrogens with zero attached hydrogens (tertiary/aromatic N) is 1. The summed E-state index contributed by atoms with van der Waals surface area (Å²) in [6, 6.07) is 8.34. The third-order valence-electron chi connectivity index (χ3n) is 6.30. The van der Waals surface area contributed by atoms with E-state index in [-0.39, 0.29) is 11.5 Å². The first kappa shape index (κ1) is 21.1. The maximum Gasteiger partial charge on any atom is 0.197 e. The van der Waals surface area contributed by atoms with Gasteiger partial charge in [-0.05, 0) is 43.2 Å². The lowest BCUT2D eigenvalue weighted by molar-refractivity contribution is -0.000948. The zero-order valence-electron chi connectivity index (χ0n) is 18.1. The predicted octanol–water partition coefficient (Wildman–Crippen LogP) is 3.31. The van der Waals surface area contributed by atoms with Crippen molar-refractivity contribution in [1.29, 1.82) is 0 Å². The molecule has 1 saturated heterocycles. The van der Waals surface area contributed by atoms with Gasteiger partial charge in [0.2, 0.25) is 0 Å². The minimum Gasteiger partial charge on any atom is -0.476 e. The van der Waals surface area contributed by atoms with Crippen molar-refractivity contribution in [2.45, 2.75) is 44.8 Å². The first-order valence-corrected chi connectivity index (χ1v) is 10.7. The Morgan fingerprint density at radius 1 is 1.17 bits per heavy atom. The van der Waals surface area contributed by atoms with Gasteiger partial charge >= 0.3 is 0 Å². The van der Waals surface area contributed by atoms with Crippen LogP contribution in [0.2, 0.25) is 0 Å². The smallest absolute Gasteiger partial charge is 0.197 e. The van der Waals surface area contributed by atoms with Crippen LogP contribution in [0.1, 0.15) is 35.4 Å². The Hall–Kier alpha value is -2.15. The number of benzene rings is 1. The summed E-state index contributed by atoms with van der Waals surface area (Å²) in [6.45, 7) is 5.15. The Morgan fingerprint density at radius 3 is 2.70 bits per heavy atom. The van der Waals surface area contributed by atoms with E-state index in [9.17, 15) is 4.79 Å². The Morgan fingerprint density at radius 2 is 1.97 bits per heavy atom. The van der Waals surface area contributed by atoms with Crippen LogP contribution in [0.3, 0.4) is 0 Å². The summed E-state index contributed by atoms with van der Waals surface area (Å²) in [6.07, 6.45) is 2.90. The van der Waals surface area contributed by atoms with Crippen molar-refractivity contribution >= 4 is 0 Å². The predicted molar refractivity (Wildman–Crippen MR) is 116 cm³/mol. The molecule has 2 aromatic rings. The molecule has 2 aliphatic heterocycles. The second kappa shape index (κ2) is 9.33. The summed E-state index contributed by atoms with van der Waals surface area (Å²) in [4.78, 5) is 12.7. The van der Waals surface area contributed by atoms with Gasteiger partial charge in [-0.25, -0.2) is 0 Å². The zero-order chi connectivity index (χ0) is 21.1. The SMILES string of the molecule is COC[C@@H](COc1cc(=O)c(C)c2n1CCc1cc(C3CCOCC3)ccc1-2)OC. The highest BCUT2D eigenvalue weighted by molar-refractivity contribution is 5.70. The molecular weight excluding hydrogens is 382 g/mol. The summed E-state index contributed by atoms with van der Waals surface area (Å²) in [5, 5.41) is 0. The number of fused-ring (bicyclic) bond motifs is 3. The van der Waals surface area contributed by atoms with Crippen LogP contribution in [0.15, 0.2) is 29.1 Å². The lowest BCUT2D eigenvalue weighted by Crippen LogP contribution is -2.28. The zero-order valence-corrected chi connectivity index (χ0v) is 18.1. The summed E-state index contributed by atoms with van der Waals surface area (Å²) in [5.74, 6) is 1.16. The largest absolute Gasteiger partial charge is 0.476 e. The molecule has 0 spiro atoms. The number of rotatable bonds is 7. The van der Waals surface area contributed by atoms with E-state index in [1.165, 1.54) is 11.1 Å². The van der Waals surface area contributed by atoms with Crippen molar-refractivity contribution in [3.63, 3.8) is 0 Å². The van der Waals surface area contributed by atoms with E-state index in [0.29, 0.717) is 25.0 Å². The number of aryl methyl sites for hydroxylation is 1. The third-order valence-corrected chi connectivity index (χ3v) is 6.30. The molecule has 1 aromatic carbocycles. The van der Waals surface area contributed by atoms with Gasteiger partial charge in [-0.2, -0.15) is 0 Å². The summed E-state index contributed by atoms with van der Waals surface area (Å²) < 4.78 is 24.2. The van der Waals surface area contributed by atoms with Crippen LogP contribution in [-0.4, -0.2) is 51.3 Å². The van der Waals surface area contributed by atoms with Gasteiger partial charge in [0.05, 0.1) is 12.3 Å². The Kier molecular flexibility index (Phi) is 6.56. The van der Waals surface area contributed by atoms with Crippen molar-refractivity contribution in [3.05, 3.63) is 51.2 Å². The Bertz CT molecular complexity index is 945. The normalized spacial score (nSPS) is 17.3. The van der Waals surface area contributed by atoms with Gasteiger partial charge in [-0.1, -0.05) is 18.2 Å². The standard InChI is InChI=1S/C24H31NO5/c1-16-22(26)13-23(30-15-20(28-3)14-27-2)25-9-6-19-12-18(4-5-21(19)24(16)25)17-7-10-29-11-8-17/h4-5,12-13,17,20H,6-11,14-15H2,1-3H3/t20-/m0/s1. The number of pyridine rings is 1. The van der Waals surface area contributed by atoms with Crippen molar-refractivity contribution in [2.75, 3.05) is 40.6 Å². The highest BCUT2D eigenvalue weighted by atomic mass is 16.6. The maximum absolute atomic E-state index is 12.7. The van der Waals surface area contributed by atoms with Crippen LogP contribution in [0.5, 0.6) is 5.88 Å². The molecular formula is C24H31NO5. The minimum absolute atomic E-state index is 0.00156. The van der Waals surface area contributed by atoms with Gasteiger partial charge in [0.25, 0.3) is 0 Å². The van der Waals surface area contributed by atoms with Crippen LogP contribution >= 0.6 is 0 Å². The van der Waals surface area contributed by atoms with E-state index in [1.54, 1.807) is 20.3 Å². The van der Waals surface area contributed by atoms with E-state index in [4.69, 9.17) is 18.9 Å². The van der Waals surface area contributed by atoms with Crippen LogP contribution < -0.4 is 10.2 Å². The second-order valence-corrected chi connectivity index (χ2v) is 8.15. The fraction of sp³-hybridized carbons (Fsp3) is 0.542. The molecule has 0 unspecified atom stereocenters. The van der Waals surface area contributed by atoms with Crippen LogP contribution in [-0.2, 0) is 27.2 Å². The lowest BCUT2D eigenvalue weighted by atomic mass is 9.86.